The Labute approximate surface area is 100 Å². The maximum Gasteiger partial charge on any atom is 0.332 e. The van der Waals surface area contributed by atoms with E-state index in [0.29, 0.717) is 26.3 Å². The van der Waals surface area contributed by atoms with Gasteiger partial charge in [0.2, 0.25) is 0 Å². The number of aromatic nitrogens is 1. The standard InChI is InChI=1S/C11H18N2O4/c1-3-16-11(14)8-15-5-4-12-7-10-6-9(2)17-13-10/h6,12H,3-5,7-8H2,1-2H3. The molecular weight excluding hydrogens is 224 g/mol. The Bertz CT molecular complexity index is 338. The monoisotopic (exact) mass is 242 g/mol. The quantitative estimate of drug-likeness (QED) is 0.533. The highest BCUT2D eigenvalue weighted by molar-refractivity contribution is 5.70. The van der Waals surface area contributed by atoms with E-state index in [1.807, 2.05) is 13.0 Å². The molecule has 6 heteroatoms. The van der Waals surface area contributed by atoms with Gasteiger partial charge in [0.1, 0.15) is 12.4 Å². The molecule has 0 saturated carbocycles. The van der Waals surface area contributed by atoms with Crippen LogP contribution in [-0.2, 0) is 20.8 Å². The minimum absolute atomic E-state index is 0.00140. The van der Waals surface area contributed by atoms with Gasteiger partial charge in [-0.3, -0.25) is 0 Å². The van der Waals surface area contributed by atoms with E-state index in [9.17, 15) is 4.79 Å². The van der Waals surface area contributed by atoms with Gasteiger partial charge in [-0.2, -0.15) is 0 Å². The number of rotatable bonds is 8. The Morgan fingerprint density at radius 3 is 3.06 bits per heavy atom. The van der Waals surface area contributed by atoms with Gasteiger partial charge in [0, 0.05) is 19.2 Å². The predicted molar refractivity (Wildman–Crippen MR) is 60.4 cm³/mol. The Morgan fingerprint density at radius 1 is 1.59 bits per heavy atom. The molecule has 1 rings (SSSR count). The molecule has 1 heterocycles. The van der Waals surface area contributed by atoms with Gasteiger partial charge < -0.3 is 19.3 Å². The number of carbonyl (C=O) groups is 1. The molecule has 0 atom stereocenters. The molecule has 6 nitrogen and oxygen atoms in total. The van der Waals surface area contributed by atoms with E-state index in [1.54, 1.807) is 6.92 Å². The molecule has 0 aliphatic heterocycles. The molecule has 0 aromatic carbocycles. The summed E-state index contributed by atoms with van der Waals surface area (Å²) in [4.78, 5) is 10.9. The fourth-order valence-corrected chi connectivity index (χ4v) is 1.22. The maximum atomic E-state index is 10.9. The second-order valence-electron chi connectivity index (χ2n) is 3.46. The van der Waals surface area contributed by atoms with Crippen molar-refractivity contribution < 1.29 is 18.8 Å². The van der Waals surface area contributed by atoms with Crippen LogP contribution in [0.5, 0.6) is 0 Å². The molecule has 0 amide bonds. The molecule has 1 aromatic rings. The van der Waals surface area contributed by atoms with Crippen LogP contribution in [0.2, 0.25) is 0 Å². The first-order valence-corrected chi connectivity index (χ1v) is 5.58. The second kappa shape index (κ2) is 7.81. The largest absolute Gasteiger partial charge is 0.464 e. The molecular formula is C11H18N2O4. The summed E-state index contributed by atoms with van der Waals surface area (Å²) >= 11 is 0. The first-order valence-electron chi connectivity index (χ1n) is 5.58. The summed E-state index contributed by atoms with van der Waals surface area (Å²) in [6, 6.07) is 1.87. The van der Waals surface area contributed by atoms with Crippen molar-refractivity contribution in [1.29, 1.82) is 0 Å². The maximum absolute atomic E-state index is 10.9. The van der Waals surface area contributed by atoms with Gasteiger partial charge in [-0.1, -0.05) is 5.16 Å². The lowest BCUT2D eigenvalue weighted by molar-refractivity contribution is -0.148. The highest BCUT2D eigenvalue weighted by Crippen LogP contribution is 1.99. The van der Waals surface area contributed by atoms with E-state index >= 15 is 0 Å². The van der Waals surface area contributed by atoms with Crippen LogP contribution >= 0.6 is 0 Å². The molecule has 0 aliphatic rings. The van der Waals surface area contributed by atoms with Crippen LogP contribution in [0.4, 0.5) is 0 Å². The van der Waals surface area contributed by atoms with Crippen molar-refractivity contribution in [2.75, 3.05) is 26.4 Å². The summed E-state index contributed by atoms with van der Waals surface area (Å²) in [6.07, 6.45) is 0. The number of nitrogens with one attached hydrogen (secondary N) is 1. The molecule has 96 valence electrons. The molecule has 1 aromatic heterocycles. The van der Waals surface area contributed by atoms with Crippen molar-refractivity contribution in [3.05, 3.63) is 17.5 Å². The van der Waals surface area contributed by atoms with Crippen molar-refractivity contribution in [2.45, 2.75) is 20.4 Å². The van der Waals surface area contributed by atoms with E-state index in [4.69, 9.17) is 14.0 Å². The molecule has 1 N–H and O–H groups in total. The van der Waals surface area contributed by atoms with Gasteiger partial charge in [-0.15, -0.1) is 0 Å². The van der Waals surface area contributed by atoms with Crippen LogP contribution in [0, 0.1) is 6.92 Å². The van der Waals surface area contributed by atoms with Crippen molar-refractivity contribution in [1.82, 2.24) is 10.5 Å². The summed E-state index contributed by atoms with van der Waals surface area (Å²) in [7, 11) is 0. The van der Waals surface area contributed by atoms with Crippen molar-refractivity contribution in [3.8, 4) is 0 Å². The Hall–Kier alpha value is -1.40. The Morgan fingerprint density at radius 2 is 2.41 bits per heavy atom. The third-order valence-electron chi connectivity index (χ3n) is 1.93. The highest BCUT2D eigenvalue weighted by Gasteiger charge is 2.01. The van der Waals surface area contributed by atoms with E-state index < -0.39 is 0 Å². The number of aryl methyl sites for hydroxylation is 1. The molecule has 17 heavy (non-hydrogen) atoms. The van der Waals surface area contributed by atoms with Gasteiger partial charge in [0.05, 0.1) is 18.9 Å². The number of nitrogens with zero attached hydrogens (tertiary/aromatic N) is 1. The number of esters is 1. The van der Waals surface area contributed by atoms with Crippen LogP contribution < -0.4 is 5.32 Å². The SMILES string of the molecule is CCOC(=O)COCCNCc1cc(C)on1. The number of hydrogen-bond donors (Lipinski definition) is 1. The summed E-state index contributed by atoms with van der Waals surface area (Å²) in [5, 5.41) is 6.95. The van der Waals surface area contributed by atoms with Crippen LogP contribution in [-0.4, -0.2) is 37.5 Å². The van der Waals surface area contributed by atoms with Crippen LogP contribution in [0.3, 0.4) is 0 Å². The zero-order valence-electron chi connectivity index (χ0n) is 10.2. The van der Waals surface area contributed by atoms with E-state index in [2.05, 4.69) is 10.5 Å². The molecule has 0 unspecified atom stereocenters. The molecule has 0 fully saturated rings. The average Bonchev–Trinajstić information content (AvgIpc) is 2.70. The lowest BCUT2D eigenvalue weighted by atomic mass is 10.4. The predicted octanol–water partition coefficient (Wildman–Crippen LogP) is 0.652. The van der Waals surface area contributed by atoms with Gasteiger partial charge in [-0.05, 0) is 13.8 Å². The number of ether oxygens (including phenoxy) is 2. The fourth-order valence-electron chi connectivity index (χ4n) is 1.22. The average molecular weight is 242 g/mol. The third-order valence-corrected chi connectivity index (χ3v) is 1.93. The van der Waals surface area contributed by atoms with Gasteiger partial charge >= 0.3 is 5.97 Å². The first kappa shape index (κ1) is 13.7. The van der Waals surface area contributed by atoms with E-state index in [0.717, 1.165) is 11.5 Å². The lowest BCUT2D eigenvalue weighted by Gasteiger charge is -2.04. The van der Waals surface area contributed by atoms with Crippen molar-refractivity contribution >= 4 is 5.97 Å². The summed E-state index contributed by atoms with van der Waals surface area (Å²) in [5.74, 6) is 0.458. The summed E-state index contributed by atoms with van der Waals surface area (Å²) in [5.41, 5.74) is 0.855. The van der Waals surface area contributed by atoms with Gasteiger partial charge in [0.25, 0.3) is 0 Å². The third kappa shape index (κ3) is 6.03. The minimum Gasteiger partial charge on any atom is -0.464 e. The second-order valence-corrected chi connectivity index (χ2v) is 3.46. The zero-order chi connectivity index (χ0) is 12.5. The van der Waals surface area contributed by atoms with Gasteiger partial charge in [0.15, 0.2) is 0 Å². The smallest absolute Gasteiger partial charge is 0.332 e. The molecule has 0 saturated heterocycles. The lowest BCUT2D eigenvalue weighted by Crippen LogP contribution is -2.21. The highest BCUT2D eigenvalue weighted by atomic mass is 16.6. The number of carbonyl (C=O) groups excluding carboxylic acids is 1. The van der Waals surface area contributed by atoms with E-state index in [1.165, 1.54) is 0 Å². The zero-order valence-corrected chi connectivity index (χ0v) is 10.2. The Balaban J connectivity index is 1.96. The number of hydrogen-bond acceptors (Lipinski definition) is 6. The van der Waals surface area contributed by atoms with Crippen molar-refractivity contribution in [2.24, 2.45) is 0 Å². The van der Waals surface area contributed by atoms with Crippen LogP contribution in [0.25, 0.3) is 0 Å². The first-order chi connectivity index (χ1) is 8.22. The van der Waals surface area contributed by atoms with Gasteiger partial charge in [-0.25, -0.2) is 4.79 Å². The molecule has 0 bridgehead atoms. The molecule has 0 radical (unpaired) electrons. The fraction of sp³-hybridized carbons (Fsp3) is 0.636. The topological polar surface area (TPSA) is 73.6 Å². The van der Waals surface area contributed by atoms with E-state index in [-0.39, 0.29) is 12.6 Å². The van der Waals surface area contributed by atoms with Crippen LogP contribution in [0.15, 0.2) is 10.6 Å². The summed E-state index contributed by atoms with van der Waals surface area (Å²) < 4.78 is 14.7. The summed E-state index contributed by atoms with van der Waals surface area (Å²) in [6.45, 7) is 5.71. The Kier molecular flexibility index (Phi) is 6.27. The minimum atomic E-state index is -0.334. The van der Waals surface area contributed by atoms with Crippen LogP contribution in [0.1, 0.15) is 18.4 Å². The molecule has 0 aliphatic carbocycles. The normalized spacial score (nSPS) is 10.5. The molecule has 0 spiro atoms. The van der Waals surface area contributed by atoms with Crippen molar-refractivity contribution in [3.63, 3.8) is 0 Å².